The van der Waals surface area contributed by atoms with Gasteiger partial charge in [0.15, 0.2) is 0 Å². The van der Waals surface area contributed by atoms with Gasteiger partial charge in [0, 0.05) is 32.1 Å². The van der Waals surface area contributed by atoms with Gasteiger partial charge in [-0.2, -0.15) is 0 Å². The Bertz CT molecular complexity index is 759. The van der Waals surface area contributed by atoms with Crippen LogP contribution < -0.4 is 10.6 Å². The molecular weight excluding hydrogens is 352 g/mol. The maximum atomic E-state index is 12.1. The number of hydrogen-bond acceptors (Lipinski definition) is 4. The third-order valence-corrected chi connectivity index (χ3v) is 5.40. The van der Waals surface area contributed by atoms with Crippen molar-refractivity contribution in [3.05, 3.63) is 60.2 Å². The molecule has 28 heavy (non-hydrogen) atoms. The lowest BCUT2D eigenvalue weighted by Gasteiger charge is -2.34. The lowest BCUT2D eigenvalue weighted by Crippen LogP contribution is -2.36. The molecule has 1 atom stereocenters. The standard InChI is InChI=1S/C22H28N4O2/c1-16(27)26-22(20-6-2-3-12-24-20)19-9-7-17(8-10-19)15-25-21(28)13-18-5-4-11-23-14-18/h2-6,11-12,14,17,19,22H,7-10,13,15H2,1H3,(H,25,28)(H,26,27)/t17?,19?,22-/m1/s1. The molecule has 1 aliphatic carbocycles. The van der Waals surface area contributed by atoms with E-state index >= 15 is 0 Å². The summed E-state index contributed by atoms with van der Waals surface area (Å²) in [6, 6.07) is 9.54. The Morgan fingerprint density at radius 1 is 1.11 bits per heavy atom. The first-order valence-electron chi connectivity index (χ1n) is 9.95. The maximum absolute atomic E-state index is 12.1. The fourth-order valence-corrected chi connectivity index (χ4v) is 3.95. The second-order valence-electron chi connectivity index (χ2n) is 7.56. The second kappa shape index (κ2) is 9.97. The Morgan fingerprint density at radius 2 is 1.93 bits per heavy atom. The first-order valence-corrected chi connectivity index (χ1v) is 9.95. The van der Waals surface area contributed by atoms with Crippen LogP contribution in [0.3, 0.4) is 0 Å². The molecule has 148 valence electrons. The number of amides is 2. The van der Waals surface area contributed by atoms with Crippen LogP contribution in [0.4, 0.5) is 0 Å². The minimum atomic E-state index is -0.0418. The van der Waals surface area contributed by atoms with Crippen LogP contribution in [0.5, 0.6) is 0 Å². The molecule has 2 heterocycles. The molecule has 2 aromatic heterocycles. The Labute approximate surface area is 166 Å². The highest BCUT2D eigenvalue weighted by molar-refractivity contribution is 5.78. The van der Waals surface area contributed by atoms with Gasteiger partial charge in [-0.05, 0) is 61.3 Å². The van der Waals surface area contributed by atoms with Crippen molar-refractivity contribution < 1.29 is 9.59 Å². The molecule has 2 amide bonds. The molecule has 6 heteroatoms. The number of pyridine rings is 2. The molecule has 2 N–H and O–H groups in total. The summed E-state index contributed by atoms with van der Waals surface area (Å²) in [5.41, 5.74) is 1.85. The molecule has 1 saturated carbocycles. The normalized spacial score (nSPS) is 20.2. The van der Waals surface area contributed by atoms with E-state index in [0.717, 1.165) is 36.9 Å². The topological polar surface area (TPSA) is 84.0 Å². The third-order valence-electron chi connectivity index (χ3n) is 5.40. The highest BCUT2D eigenvalue weighted by atomic mass is 16.2. The Morgan fingerprint density at radius 3 is 2.57 bits per heavy atom. The molecule has 6 nitrogen and oxygen atoms in total. The smallest absolute Gasteiger partial charge is 0.224 e. The Balaban J connectivity index is 1.47. The van der Waals surface area contributed by atoms with E-state index in [0.29, 0.717) is 24.8 Å². The summed E-state index contributed by atoms with van der Waals surface area (Å²) in [7, 11) is 0. The molecule has 0 bridgehead atoms. The van der Waals surface area contributed by atoms with Crippen LogP contribution in [0, 0.1) is 11.8 Å². The maximum Gasteiger partial charge on any atom is 0.224 e. The molecule has 0 unspecified atom stereocenters. The van der Waals surface area contributed by atoms with Crippen LogP contribution in [0.2, 0.25) is 0 Å². The quantitative estimate of drug-likeness (QED) is 0.774. The lowest BCUT2D eigenvalue weighted by atomic mass is 9.77. The summed E-state index contributed by atoms with van der Waals surface area (Å²) in [5, 5.41) is 6.14. The summed E-state index contributed by atoms with van der Waals surface area (Å²) in [4.78, 5) is 32.3. The molecule has 2 aromatic rings. The number of nitrogens with zero attached hydrogens (tertiary/aromatic N) is 2. The number of carbonyl (C=O) groups excluding carboxylic acids is 2. The first-order chi connectivity index (χ1) is 13.6. The van der Waals surface area contributed by atoms with Crippen molar-refractivity contribution in [1.29, 1.82) is 0 Å². The van der Waals surface area contributed by atoms with Crippen LogP contribution in [0.15, 0.2) is 48.9 Å². The van der Waals surface area contributed by atoms with Gasteiger partial charge in [-0.1, -0.05) is 12.1 Å². The SMILES string of the molecule is CC(=O)N[C@@H](c1ccccn1)C1CCC(CNC(=O)Cc2cccnc2)CC1. The predicted octanol–water partition coefficient (Wildman–Crippen LogP) is 2.82. The molecule has 0 aromatic carbocycles. The van der Waals surface area contributed by atoms with Crippen molar-refractivity contribution in [2.24, 2.45) is 11.8 Å². The van der Waals surface area contributed by atoms with Gasteiger partial charge >= 0.3 is 0 Å². The molecule has 0 saturated heterocycles. The molecule has 1 fully saturated rings. The molecular formula is C22H28N4O2. The number of nitrogens with one attached hydrogen (secondary N) is 2. The molecule has 1 aliphatic rings. The van der Waals surface area contributed by atoms with Crippen molar-refractivity contribution >= 4 is 11.8 Å². The summed E-state index contributed by atoms with van der Waals surface area (Å²) >= 11 is 0. The summed E-state index contributed by atoms with van der Waals surface area (Å²) in [6.07, 6.45) is 9.70. The summed E-state index contributed by atoms with van der Waals surface area (Å²) in [5.74, 6) is 0.872. The van der Waals surface area contributed by atoms with E-state index in [9.17, 15) is 9.59 Å². The van der Waals surface area contributed by atoms with Gasteiger partial charge < -0.3 is 10.6 Å². The highest BCUT2D eigenvalue weighted by Gasteiger charge is 2.30. The first kappa shape index (κ1) is 20.0. The van der Waals surface area contributed by atoms with Crippen LogP contribution in [0.1, 0.15) is 49.9 Å². The van der Waals surface area contributed by atoms with E-state index < -0.39 is 0 Å². The fraction of sp³-hybridized carbons (Fsp3) is 0.455. The zero-order chi connectivity index (χ0) is 19.8. The van der Waals surface area contributed by atoms with Crippen molar-refractivity contribution in [3.63, 3.8) is 0 Å². The van der Waals surface area contributed by atoms with E-state index in [1.54, 1.807) is 25.5 Å². The number of rotatable bonds is 7. The van der Waals surface area contributed by atoms with E-state index in [2.05, 4.69) is 20.6 Å². The highest BCUT2D eigenvalue weighted by Crippen LogP contribution is 2.36. The number of aromatic nitrogens is 2. The lowest BCUT2D eigenvalue weighted by molar-refractivity contribution is -0.121. The zero-order valence-electron chi connectivity index (χ0n) is 16.3. The van der Waals surface area contributed by atoms with Gasteiger partial charge in [0.05, 0.1) is 18.2 Å². The van der Waals surface area contributed by atoms with Crippen molar-refractivity contribution in [3.8, 4) is 0 Å². The van der Waals surface area contributed by atoms with Gasteiger partial charge in [0.25, 0.3) is 0 Å². The van der Waals surface area contributed by atoms with Gasteiger partial charge in [0.1, 0.15) is 0 Å². The van der Waals surface area contributed by atoms with E-state index in [1.165, 1.54) is 0 Å². The van der Waals surface area contributed by atoms with E-state index in [4.69, 9.17) is 0 Å². The largest absolute Gasteiger partial charge is 0.356 e. The van der Waals surface area contributed by atoms with Crippen LogP contribution >= 0.6 is 0 Å². The van der Waals surface area contributed by atoms with Crippen LogP contribution in [-0.2, 0) is 16.0 Å². The van der Waals surface area contributed by atoms with Gasteiger partial charge in [-0.25, -0.2) is 0 Å². The van der Waals surface area contributed by atoms with Crippen molar-refractivity contribution in [1.82, 2.24) is 20.6 Å². The fourth-order valence-electron chi connectivity index (χ4n) is 3.95. The van der Waals surface area contributed by atoms with Gasteiger partial charge in [-0.3, -0.25) is 19.6 Å². The van der Waals surface area contributed by atoms with Gasteiger partial charge in [0.2, 0.25) is 11.8 Å². The molecule has 0 aliphatic heterocycles. The Kier molecular flexibility index (Phi) is 7.12. The molecule has 3 rings (SSSR count). The average Bonchev–Trinajstić information content (AvgIpc) is 2.72. The second-order valence-corrected chi connectivity index (χ2v) is 7.56. The van der Waals surface area contributed by atoms with Crippen molar-refractivity contribution in [2.45, 2.75) is 45.1 Å². The van der Waals surface area contributed by atoms with Gasteiger partial charge in [-0.15, -0.1) is 0 Å². The van der Waals surface area contributed by atoms with E-state index in [-0.39, 0.29) is 17.9 Å². The molecule has 0 radical (unpaired) electrons. The third kappa shape index (κ3) is 5.87. The monoisotopic (exact) mass is 380 g/mol. The molecule has 0 spiro atoms. The average molecular weight is 380 g/mol. The Hall–Kier alpha value is -2.76. The van der Waals surface area contributed by atoms with Crippen LogP contribution in [-0.4, -0.2) is 28.3 Å². The predicted molar refractivity (Wildman–Crippen MR) is 107 cm³/mol. The minimum absolute atomic E-state index is 0.0274. The minimum Gasteiger partial charge on any atom is -0.356 e. The van der Waals surface area contributed by atoms with Crippen molar-refractivity contribution in [2.75, 3.05) is 6.54 Å². The van der Waals surface area contributed by atoms with E-state index in [1.807, 2.05) is 30.3 Å². The number of carbonyl (C=O) groups is 2. The zero-order valence-corrected chi connectivity index (χ0v) is 16.3. The number of hydrogen-bond donors (Lipinski definition) is 2. The summed E-state index contributed by atoms with van der Waals surface area (Å²) in [6.45, 7) is 2.26. The van der Waals surface area contributed by atoms with Crippen LogP contribution in [0.25, 0.3) is 0 Å². The summed E-state index contributed by atoms with van der Waals surface area (Å²) < 4.78 is 0.